The minimum atomic E-state index is 0.195. The second kappa shape index (κ2) is 8.21. The molecule has 0 radical (unpaired) electrons. The van der Waals surface area contributed by atoms with Crippen LogP contribution in [0, 0.1) is 0 Å². The lowest BCUT2D eigenvalue weighted by Gasteiger charge is -2.20. The number of nitrogens with zero attached hydrogens (tertiary/aromatic N) is 2. The number of aliphatic hydroxyl groups excluding tert-OH is 1. The van der Waals surface area contributed by atoms with Gasteiger partial charge in [-0.25, -0.2) is 0 Å². The molecule has 1 rings (SSSR count). The van der Waals surface area contributed by atoms with Gasteiger partial charge in [0.15, 0.2) is 0 Å². The highest BCUT2D eigenvalue weighted by atomic mass is 16.5. The third kappa shape index (κ3) is 5.21. The predicted molar refractivity (Wildman–Crippen MR) is 63.3 cm³/mol. The zero-order chi connectivity index (χ0) is 11.6. The van der Waals surface area contributed by atoms with Crippen molar-refractivity contribution in [2.24, 2.45) is 0 Å². The molecule has 1 N–H and O–H groups in total. The number of ether oxygens (including phenoxy) is 1. The molecule has 4 heteroatoms. The first kappa shape index (κ1) is 13.1. The highest BCUT2D eigenvalue weighted by Crippen LogP contribution is 1.99. The first-order chi connectivity index (χ1) is 7.86. The van der Waals surface area contributed by atoms with Crippen LogP contribution in [0.25, 0.3) is 0 Å². The SMILES string of the molecule is COCCN(CCO)CCc1ccncc1. The van der Waals surface area contributed by atoms with Crippen LogP contribution in [0.4, 0.5) is 0 Å². The molecule has 0 spiro atoms. The van der Waals surface area contributed by atoms with Crippen molar-refractivity contribution in [3.63, 3.8) is 0 Å². The number of methoxy groups -OCH3 is 1. The molecule has 0 bridgehead atoms. The van der Waals surface area contributed by atoms with Gasteiger partial charge < -0.3 is 9.84 Å². The van der Waals surface area contributed by atoms with Crippen LogP contribution in [0.15, 0.2) is 24.5 Å². The quantitative estimate of drug-likeness (QED) is 0.701. The molecule has 0 aliphatic rings. The lowest BCUT2D eigenvalue weighted by Crippen LogP contribution is -2.32. The van der Waals surface area contributed by atoms with Gasteiger partial charge in [0, 0.05) is 39.1 Å². The van der Waals surface area contributed by atoms with Crippen molar-refractivity contribution in [2.75, 3.05) is 40.0 Å². The summed E-state index contributed by atoms with van der Waals surface area (Å²) in [5.74, 6) is 0. The summed E-state index contributed by atoms with van der Waals surface area (Å²) in [7, 11) is 1.69. The molecular formula is C12H20N2O2. The molecule has 1 aromatic heterocycles. The molecular weight excluding hydrogens is 204 g/mol. The molecule has 4 nitrogen and oxygen atoms in total. The van der Waals surface area contributed by atoms with E-state index in [1.54, 1.807) is 19.5 Å². The Balaban J connectivity index is 2.31. The maximum absolute atomic E-state index is 8.94. The smallest absolute Gasteiger partial charge is 0.0589 e. The zero-order valence-electron chi connectivity index (χ0n) is 9.80. The molecule has 0 aliphatic heterocycles. The lowest BCUT2D eigenvalue weighted by molar-refractivity contribution is 0.131. The standard InChI is InChI=1S/C12H20N2O2/c1-16-11-9-14(8-10-15)7-4-12-2-5-13-6-3-12/h2-3,5-6,15H,4,7-11H2,1H3. The Labute approximate surface area is 96.9 Å². The number of aliphatic hydroxyl groups is 1. The minimum Gasteiger partial charge on any atom is -0.395 e. The molecule has 90 valence electrons. The van der Waals surface area contributed by atoms with Crippen LogP contribution in [0.5, 0.6) is 0 Å². The van der Waals surface area contributed by atoms with Crippen molar-refractivity contribution in [3.8, 4) is 0 Å². The van der Waals surface area contributed by atoms with Crippen molar-refractivity contribution in [1.82, 2.24) is 9.88 Å². The molecule has 16 heavy (non-hydrogen) atoms. The molecule has 1 heterocycles. The third-order valence-corrected chi connectivity index (χ3v) is 2.49. The average Bonchev–Trinajstić information content (AvgIpc) is 2.34. The van der Waals surface area contributed by atoms with E-state index >= 15 is 0 Å². The summed E-state index contributed by atoms with van der Waals surface area (Å²) in [4.78, 5) is 6.18. The van der Waals surface area contributed by atoms with E-state index in [-0.39, 0.29) is 6.61 Å². The normalized spacial score (nSPS) is 10.9. The van der Waals surface area contributed by atoms with E-state index in [9.17, 15) is 0 Å². The summed E-state index contributed by atoms with van der Waals surface area (Å²) in [5, 5.41) is 8.94. The number of hydrogen-bond donors (Lipinski definition) is 1. The van der Waals surface area contributed by atoms with E-state index in [1.807, 2.05) is 12.1 Å². The monoisotopic (exact) mass is 224 g/mol. The molecule has 0 atom stereocenters. The van der Waals surface area contributed by atoms with Gasteiger partial charge >= 0.3 is 0 Å². The Bertz CT molecular complexity index is 267. The molecule has 0 aliphatic carbocycles. The van der Waals surface area contributed by atoms with E-state index in [2.05, 4.69) is 9.88 Å². The molecule has 0 fully saturated rings. The zero-order valence-corrected chi connectivity index (χ0v) is 9.80. The first-order valence-electron chi connectivity index (χ1n) is 5.58. The van der Waals surface area contributed by atoms with E-state index in [1.165, 1.54) is 5.56 Å². The molecule has 0 amide bonds. The van der Waals surface area contributed by atoms with Crippen LogP contribution < -0.4 is 0 Å². The second-order valence-corrected chi connectivity index (χ2v) is 3.66. The van der Waals surface area contributed by atoms with E-state index in [0.717, 1.165) is 19.5 Å². The summed E-state index contributed by atoms with van der Waals surface area (Å²) in [6.07, 6.45) is 4.59. The van der Waals surface area contributed by atoms with Crippen LogP contribution >= 0.6 is 0 Å². The van der Waals surface area contributed by atoms with Crippen LogP contribution in [0.3, 0.4) is 0 Å². The summed E-state index contributed by atoms with van der Waals surface area (Å²) < 4.78 is 5.04. The van der Waals surface area contributed by atoms with Crippen LogP contribution in [-0.2, 0) is 11.2 Å². The summed E-state index contributed by atoms with van der Waals surface area (Å²) >= 11 is 0. The Morgan fingerprint density at radius 3 is 2.62 bits per heavy atom. The third-order valence-electron chi connectivity index (χ3n) is 2.49. The Morgan fingerprint density at radius 2 is 2.00 bits per heavy atom. The molecule has 0 aromatic carbocycles. The van der Waals surface area contributed by atoms with Crippen molar-refractivity contribution in [2.45, 2.75) is 6.42 Å². The highest BCUT2D eigenvalue weighted by molar-refractivity contribution is 5.09. The average molecular weight is 224 g/mol. The Morgan fingerprint density at radius 1 is 1.25 bits per heavy atom. The summed E-state index contributed by atoms with van der Waals surface area (Å²) in [6, 6.07) is 4.04. The van der Waals surface area contributed by atoms with Crippen molar-refractivity contribution >= 4 is 0 Å². The Hall–Kier alpha value is -0.970. The van der Waals surface area contributed by atoms with Gasteiger partial charge in [0.05, 0.1) is 13.2 Å². The van der Waals surface area contributed by atoms with Gasteiger partial charge in [0.1, 0.15) is 0 Å². The maximum atomic E-state index is 8.94. The van der Waals surface area contributed by atoms with Gasteiger partial charge in [-0.05, 0) is 24.1 Å². The minimum absolute atomic E-state index is 0.195. The summed E-state index contributed by atoms with van der Waals surface area (Å²) in [5.41, 5.74) is 1.27. The largest absolute Gasteiger partial charge is 0.395 e. The second-order valence-electron chi connectivity index (χ2n) is 3.66. The molecule has 0 saturated heterocycles. The fraction of sp³-hybridized carbons (Fsp3) is 0.583. The van der Waals surface area contributed by atoms with Gasteiger partial charge in [-0.15, -0.1) is 0 Å². The molecule has 1 aromatic rings. The van der Waals surface area contributed by atoms with Crippen LogP contribution in [0.1, 0.15) is 5.56 Å². The van der Waals surface area contributed by atoms with E-state index in [0.29, 0.717) is 13.2 Å². The fourth-order valence-corrected chi connectivity index (χ4v) is 1.53. The number of rotatable bonds is 8. The fourth-order valence-electron chi connectivity index (χ4n) is 1.53. The molecule has 0 saturated carbocycles. The van der Waals surface area contributed by atoms with E-state index in [4.69, 9.17) is 9.84 Å². The predicted octanol–water partition coefficient (Wildman–Crippen LogP) is 0.565. The van der Waals surface area contributed by atoms with Gasteiger partial charge in [-0.3, -0.25) is 9.88 Å². The van der Waals surface area contributed by atoms with Gasteiger partial charge in [0.2, 0.25) is 0 Å². The van der Waals surface area contributed by atoms with Crippen LogP contribution in [0.2, 0.25) is 0 Å². The topological polar surface area (TPSA) is 45.6 Å². The number of pyridine rings is 1. The first-order valence-corrected chi connectivity index (χ1v) is 5.58. The van der Waals surface area contributed by atoms with E-state index < -0.39 is 0 Å². The molecule has 0 unspecified atom stereocenters. The van der Waals surface area contributed by atoms with Crippen molar-refractivity contribution < 1.29 is 9.84 Å². The highest BCUT2D eigenvalue weighted by Gasteiger charge is 2.03. The van der Waals surface area contributed by atoms with Crippen molar-refractivity contribution in [3.05, 3.63) is 30.1 Å². The summed E-state index contributed by atoms with van der Waals surface area (Å²) in [6.45, 7) is 3.40. The van der Waals surface area contributed by atoms with Gasteiger partial charge in [-0.2, -0.15) is 0 Å². The number of aromatic nitrogens is 1. The Kier molecular flexibility index (Phi) is 6.72. The number of hydrogen-bond acceptors (Lipinski definition) is 4. The maximum Gasteiger partial charge on any atom is 0.0589 e. The lowest BCUT2D eigenvalue weighted by atomic mass is 10.2. The van der Waals surface area contributed by atoms with Gasteiger partial charge in [-0.1, -0.05) is 0 Å². The van der Waals surface area contributed by atoms with Crippen LogP contribution in [-0.4, -0.2) is 54.9 Å². The van der Waals surface area contributed by atoms with Crippen molar-refractivity contribution in [1.29, 1.82) is 0 Å². The van der Waals surface area contributed by atoms with Gasteiger partial charge in [0.25, 0.3) is 0 Å².